The zero-order valence-electron chi connectivity index (χ0n) is 14.7. The van der Waals surface area contributed by atoms with Crippen molar-refractivity contribution in [3.8, 4) is 0 Å². The van der Waals surface area contributed by atoms with Gasteiger partial charge in [0.2, 0.25) is 5.91 Å². The lowest BCUT2D eigenvalue weighted by Crippen LogP contribution is -2.52. The second-order valence-corrected chi connectivity index (χ2v) is 5.90. The number of nitrogens with zero attached hydrogens (tertiary/aromatic N) is 2. The third-order valence-corrected chi connectivity index (χ3v) is 4.26. The second kappa shape index (κ2) is 14.4. The van der Waals surface area contributed by atoms with E-state index in [1.165, 1.54) is 5.69 Å². The molecule has 0 aliphatic carbocycles. The maximum Gasteiger partial charge on any atom is 0.220 e. The molecule has 25 heavy (non-hydrogen) atoms. The number of halogens is 3. The molecule has 0 spiro atoms. The lowest BCUT2D eigenvalue weighted by Gasteiger charge is -2.39. The zero-order valence-corrected chi connectivity index (χ0v) is 17.2. The first kappa shape index (κ1) is 26.5. The highest BCUT2D eigenvalue weighted by molar-refractivity contribution is 5.86. The molecule has 8 heteroatoms. The van der Waals surface area contributed by atoms with Crippen LogP contribution in [0.5, 0.6) is 0 Å². The molecule has 1 fully saturated rings. The first-order valence-corrected chi connectivity index (χ1v) is 8.21. The van der Waals surface area contributed by atoms with E-state index in [-0.39, 0.29) is 43.1 Å². The van der Waals surface area contributed by atoms with Gasteiger partial charge in [-0.2, -0.15) is 0 Å². The van der Waals surface area contributed by atoms with Crippen molar-refractivity contribution < 1.29 is 4.79 Å². The highest BCUT2D eigenvalue weighted by Crippen LogP contribution is 2.16. The number of anilines is 1. The van der Waals surface area contributed by atoms with Crippen LogP contribution in [-0.4, -0.2) is 56.1 Å². The number of rotatable bonds is 7. The van der Waals surface area contributed by atoms with E-state index in [0.717, 1.165) is 39.1 Å². The van der Waals surface area contributed by atoms with Gasteiger partial charge >= 0.3 is 0 Å². The van der Waals surface area contributed by atoms with Crippen molar-refractivity contribution in [2.45, 2.75) is 25.8 Å². The number of nitrogens with one attached hydrogen (secondary N) is 1. The molecule has 146 valence electrons. The summed E-state index contributed by atoms with van der Waals surface area (Å²) >= 11 is 0. The average Bonchev–Trinajstić information content (AvgIpc) is 2.58. The van der Waals surface area contributed by atoms with Gasteiger partial charge in [-0.3, -0.25) is 9.69 Å². The van der Waals surface area contributed by atoms with Crippen LogP contribution in [0.2, 0.25) is 0 Å². The van der Waals surface area contributed by atoms with Crippen molar-refractivity contribution in [1.82, 2.24) is 10.2 Å². The number of para-hydroxylation sites is 1. The zero-order chi connectivity index (χ0) is 15.8. The van der Waals surface area contributed by atoms with Gasteiger partial charge in [-0.1, -0.05) is 18.2 Å². The molecular formula is C17H31Cl3N4O. The second-order valence-electron chi connectivity index (χ2n) is 5.90. The van der Waals surface area contributed by atoms with E-state index in [2.05, 4.69) is 52.4 Å². The largest absolute Gasteiger partial charge is 0.369 e. The lowest BCUT2D eigenvalue weighted by atomic mass is 10.2. The summed E-state index contributed by atoms with van der Waals surface area (Å²) in [5.41, 5.74) is 6.71. The molecule has 1 saturated heterocycles. The first-order chi connectivity index (χ1) is 10.7. The number of carbonyl (C=O) groups is 1. The predicted octanol–water partition coefficient (Wildman–Crippen LogP) is 2.32. The van der Waals surface area contributed by atoms with Gasteiger partial charge in [0.1, 0.15) is 0 Å². The Morgan fingerprint density at radius 3 is 2.28 bits per heavy atom. The summed E-state index contributed by atoms with van der Waals surface area (Å²) < 4.78 is 0. The van der Waals surface area contributed by atoms with Gasteiger partial charge in [0.15, 0.2) is 0 Å². The van der Waals surface area contributed by atoms with Crippen molar-refractivity contribution in [3.05, 3.63) is 30.3 Å². The summed E-state index contributed by atoms with van der Waals surface area (Å²) in [6.45, 7) is 7.62. The summed E-state index contributed by atoms with van der Waals surface area (Å²) in [6.07, 6.45) is 1.29. The molecule has 2 rings (SSSR count). The molecule has 0 bridgehead atoms. The van der Waals surface area contributed by atoms with E-state index in [9.17, 15) is 4.79 Å². The molecule has 1 amide bonds. The standard InChI is InChI=1S/C17H28N4O.3ClH/c1-15(14-19-17(22)8-5-9-18)20-10-12-21(13-11-20)16-6-3-2-4-7-16;;;/h2-4,6-7,15H,5,8-14,18H2,1H3,(H,19,22);3*1H. The molecule has 1 aromatic carbocycles. The van der Waals surface area contributed by atoms with Crippen LogP contribution in [0.15, 0.2) is 30.3 Å². The fourth-order valence-corrected chi connectivity index (χ4v) is 2.80. The van der Waals surface area contributed by atoms with E-state index in [0.29, 0.717) is 19.0 Å². The molecule has 1 aliphatic heterocycles. The third-order valence-electron chi connectivity index (χ3n) is 4.26. The molecule has 0 saturated carbocycles. The number of nitrogens with two attached hydrogens (primary N) is 1. The first-order valence-electron chi connectivity index (χ1n) is 8.21. The smallest absolute Gasteiger partial charge is 0.220 e. The lowest BCUT2D eigenvalue weighted by molar-refractivity contribution is -0.121. The molecule has 1 atom stereocenters. The highest BCUT2D eigenvalue weighted by Gasteiger charge is 2.21. The van der Waals surface area contributed by atoms with E-state index >= 15 is 0 Å². The van der Waals surface area contributed by atoms with Crippen molar-refractivity contribution >= 4 is 48.8 Å². The van der Waals surface area contributed by atoms with E-state index in [4.69, 9.17) is 5.73 Å². The van der Waals surface area contributed by atoms with Crippen LogP contribution in [0.25, 0.3) is 0 Å². The normalized spacial score (nSPS) is 15.2. The van der Waals surface area contributed by atoms with E-state index in [1.54, 1.807) is 0 Å². The van der Waals surface area contributed by atoms with Crippen LogP contribution >= 0.6 is 37.2 Å². The minimum absolute atomic E-state index is 0. The summed E-state index contributed by atoms with van der Waals surface area (Å²) in [4.78, 5) is 16.5. The average molecular weight is 414 g/mol. The Hall–Kier alpha value is -0.720. The Morgan fingerprint density at radius 1 is 1.12 bits per heavy atom. The molecule has 3 N–H and O–H groups in total. The van der Waals surface area contributed by atoms with Gasteiger partial charge in [-0.15, -0.1) is 37.2 Å². The van der Waals surface area contributed by atoms with Crippen LogP contribution < -0.4 is 16.0 Å². The molecular weight excluding hydrogens is 383 g/mol. The minimum atomic E-state index is 0. The fourth-order valence-electron chi connectivity index (χ4n) is 2.80. The van der Waals surface area contributed by atoms with Gasteiger partial charge in [-0.25, -0.2) is 0 Å². The quantitative estimate of drug-likeness (QED) is 0.720. The SMILES string of the molecule is CC(CNC(=O)CCCN)N1CCN(c2ccccc2)CC1.Cl.Cl.Cl. The van der Waals surface area contributed by atoms with Crippen LogP contribution in [0.4, 0.5) is 5.69 Å². The highest BCUT2D eigenvalue weighted by atomic mass is 35.5. The number of amides is 1. The molecule has 0 radical (unpaired) electrons. The van der Waals surface area contributed by atoms with Crippen LogP contribution in [0, 0.1) is 0 Å². The Kier molecular flexibility index (Phi) is 15.3. The molecule has 1 unspecified atom stereocenters. The summed E-state index contributed by atoms with van der Waals surface area (Å²) in [5.74, 6) is 0.111. The monoisotopic (exact) mass is 412 g/mol. The van der Waals surface area contributed by atoms with Crippen LogP contribution in [-0.2, 0) is 4.79 Å². The van der Waals surface area contributed by atoms with Gasteiger partial charge in [0, 0.05) is 50.9 Å². The molecule has 1 aliphatic rings. The van der Waals surface area contributed by atoms with Gasteiger partial charge in [0.25, 0.3) is 0 Å². The Balaban J connectivity index is 0. The van der Waals surface area contributed by atoms with Gasteiger partial charge in [-0.05, 0) is 32.0 Å². The van der Waals surface area contributed by atoms with Crippen molar-refractivity contribution in [2.24, 2.45) is 5.73 Å². The Morgan fingerprint density at radius 2 is 1.72 bits per heavy atom. The molecule has 0 aromatic heterocycles. The third kappa shape index (κ3) is 8.97. The molecule has 1 aromatic rings. The van der Waals surface area contributed by atoms with E-state index < -0.39 is 0 Å². The number of benzene rings is 1. The molecule has 1 heterocycles. The summed E-state index contributed by atoms with van der Waals surface area (Å²) in [7, 11) is 0. The van der Waals surface area contributed by atoms with Gasteiger partial charge < -0.3 is 16.0 Å². The summed E-state index contributed by atoms with van der Waals surface area (Å²) in [5, 5.41) is 3.01. The van der Waals surface area contributed by atoms with Crippen molar-refractivity contribution in [1.29, 1.82) is 0 Å². The van der Waals surface area contributed by atoms with Crippen molar-refractivity contribution in [2.75, 3.05) is 44.2 Å². The van der Waals surface area contributed by atoms with Crippen molar-refractivity contribution in [3.63, 3.8) is 0 Å². The van der Waals surface area contributed by atoms with Crippen LogP contribution in [0.1, 0.15) is 19.8 Å². The predicted molar refractivity (Wildman–Crippen MR) is 113 cm³/mol. The number of carbonyl (C=O) groups excluding carboxylic acids is 1. The van der Waals surface area contributed by atoms with E-state index in [1.807, 2.05) is 0 Å². The number of hydrogen-bond acceptors (Lipinski definition) is 4. The maximum atomic E-state index is 11.6. The Bertz CT molecular complexity index is 456. The summed E-state index contributed by atoms with van der Waals surface area (Å²) in [6, 6.07) is 10.9. The molecule has 5 nitrogen and oxygen atoms in total. The minimum Gasteiger partial charge on any atom is -0.369 e. The maximum absolute atomic E-state index is 11.6. The Labute approximate surface area is 169 Å². The number of hydrogen-bond donors (Lipinski definition) is 2. The van der Waals surface area contributed by atoms with Gasteiger partial charge in [0.05, 0.1) is 0 Å². The number of piperazine rings is 1. The topological polar surface area (TPSA) is 61.6 Å². The van der Waals surface area contributed by atoms with Crippen LogP contribution in [0.3, 0.4) is 0 Å². The fraction of sp³-hybridized carbons (Fsp3) is 0.588.